The third-order valence-electron chi connectivity index (χ3n) is 4.85. The summed E-state index contributed by atoms with van der Waals surface area (Å²) in [7, 11) is 0. The van der Waals surface area contributed by atoms with Crippen LogP contribution in [0.25, 0.3) is 0 Å². The van der Waals surface area contributed by atoms with Crippen molar-refractivity contribution in [2.75, 3.05) is 54.8 Å². The van der Waals surface area contributed by atoms with Crippen molar-refractivity contribution in [1.82, 2.24) is 14.9 Å². The van der Waals surface area contributed by atoms with Gasteiger partial charge in [0, 0.05) is 32.4 Å². The highest BCUT2D eigenvalue weighted by Gasteiger charge is 2.20. The molecule has 3 rings (SSSR count). The number of halogens is 2. The van der Waals surface area contributed by atoms with Crippen LogP contribution >= 0.6 is 11.6 Å². The van der Waals surface area contributed by atoms with Gasteiger partial charge in [-0.25, -0.2) is 9.18 Å². The van der Waals surface area contributed by atoms with Gasteiger partial charge in [-0.1, -0.05) is 17.7 Å². The lowest BCUT2D eigenvalue weighted by Gasteiger charge is -2.35. The Morgan fingerprint density at radius 3 is 2.70 bits per heavy atom. The third-order valence-corrected chi connectivity index (χ3v) is 5.14. The van der Waals surface area contributed by atoms with E-state index in [1.165, 1.54) is 24.4 Å². The number of rotatable bonds is 7. The monoisotopic (exact) mass is 437 g/mol. The van der Waals surface area contributed by atoms with E-state index in [2.05, 4.69) is 25.5 Å². The van der Waals surface area contributed by atoms with Gasteiger partial charge in [-0.05, 0) is 38.1 Å². The van der Waals surface area contributed by atoms with E-state index in [-0.39, 0.29) is 16.7 Å². The topological polar surface area (TPSA) is 119 Å². The molecular weight excluding hydrogens is 413 g/mol. The Hall–Kier alpha value is -2.69. The molecule has 1 fully saturated rings. The number of carbonyl (C=O) groups is 1. The van der Waals surface area contributed by atoms with E-state index in [0.717, 1.165) is 32.5 Å². The minimum absolute atomic E-state index is 0.0379. The second-order valence-electron chi connectivity index (χ2n) is 6.94. The van der Waals surface area contributed by atoms with Crippen molar-refractivity contribution in [2.24, 2.45) is 5.73 Å². The zero-order valence-corrected chi connectivity index (χ0v) is 17.2. The lowest BCUT2D eigenvalue weighted by Crippen LogP contribution is -2.48. The number of carbonyl (C=O) groups excluding carboxylic acids is 1. The van der Waals surface area contributed by atoms with Crippen molar-refractivity contribution < 1.29 is 9.18 Å². The Morgan fingerprint density at radius 2 is 2.00 bits per heavy atom. The zero-order valence-electron chi connectivity index (χ0n) is 16.5. The summed E-state index contributed by atoms with van der Waals surface area (Å²) in [4.78, 5) is 35.5. The molecule has 9 nitrogen and oxygen atoms in total. The fraction of sp³-hybridized carbons (Fsp3) is 0.421. The van der Waals surface area contributed by atoms with Crippen LogP contribution in [0.4, 0.5) is 26.5 Å². The molecule has 0 atom stereocenters. The van der Waals surface area contributed by atoms with Crippen molar-refractivity contribution in [3.8, 4) is 0 Å². The van der Waals surface area contributed by atoms with Crippen LogP contribution in [-0.2, 0) is 0 Å². The summed E-state index contributed by atoms with van der Waals surface area (Å²) in [6.45, 7) is 4.86. The molecule has 1 aliphatic rings. The molecule has 0 unspecified atom stereocenters. The molecule has 1 aromatic heterocycles. The van der Waals surface area contributed by atoms with Gasteiger partial charge < -0.3 is 20.9 Å². The van der Waals surface area contributed by atoms with Gasteiger partial charge in [-0.2, -0.15) is 4.98 Å². The molecule has 2 heterocycles. The first-order chi connectivity index (χ1) is 14.5. The van der Waals surface area contributed by atoms with Crippen LogP contribution in [0.5, 0.6) is 0 Å². The molecule has 0 saturated carbocycles. The molecule has 0 radical (unpaired) electrons. The predicted molar refractivity (Wildman–Crippen MR) is 116 cm³/mol. The van der Waals surface area contributed by atoms with Crippen LogP contribution in [0.3, 0.4) is 0 Å². The van der Waals surface area contributed by atoms with Gasteiger partial charge in [0.05, 0.1) is 10.7 Å². The summed E-state index contributed by atoms with van der Waals surface area (Å²) in [6, 6.07) is 3.50. The second-order valence-corrected chi connectivity index (χ2v) is 7.35. The normalized spacial score (nSPS) is 14.6. The molecule has 11 heteroatoms. The standard InChI is InChI=1S/C19H25ClFN7O2/c20-13-4-3-5-14(16(13)21)24-19(30)26-18-23-12-15(17(29)25-18)28-10-8-27(9-11-28)7-2-1-6-22/h3-5,12H,1-2,6-11,22H2,(H3,23,24,25,26,29,30). The van der Waals surface area contributed by atoms with E-state index in [4.69, 9.17) is 17.3 Å². The van der Waals surface area contributed by atoms with Gasteiger partial charge in [0.15, 0.2) is 5.82 Å². The molecule has 2 amide bonds. The molecule has 0 aliphatic carbocycles. The predicted octanol–water partition coefficient (Wildman–Crippen LogP) is 2.07. The summed E-state index contributed by atoms with van der Waals surface area (Å²) in [5.41, 5.74) is 5.45. The number of hydrogen-bond acceptors (Lipinski definition) is 6. The summed E-state index contributed by atoms with van der Waals surface area (Å²) in [5, 5.41) is 4.60. The number of H-pyrrole nitrogens is 1. The highest BCUT2D eigenvalue weighted by molar-refractivity contribution is 6.31. The number of nitrogens with one attached hydrogen (secondary N) is 3. The Labute approximate surface area is 178 Å². The summed E-state index contributed by atoms with van der Waals surface area (Å²) >= 11 is 5.69. The van der Waals surface area contributed by atoms with E-state index in [1.54, 1.807) is 0 Å². The SMILES string of the molecule is NCCCCN1CCN(c2c[nH]c(NC(=O)Nc3cccc(Cl)c3F)nc2=O)CC1. The summed E-state index contributed by atoms with van der Waals surface area (Å²) in [6.07, 6.45) is 3.60. The van der Waals surface area contributed by atoms with E-state index < -0.39 is 17.4 Å². The van der Waals surface area contributed by atoms with Crippen molar-refractivity contribution >= 4 is 35.0 Å². The Morgan fingerprint density at radius 1 is 1.23 bits per heavy atom. The van der Waals surface area contributed by atoms with Crippen molar-refractivity contribution in [1.29, 1.82) is 0 Å². The van der Waals surface area contributed by atoms with Crippen molar-refractivity contribution in [3.63, 3.8) is 0 Å². The lowest BCUT2D eigenvalue weighted by molar-refractivity contribution is 0.253. The van der Waals surface area contributed by atoms with Crippen LogP contribution in [0.15, 0.2) is 29.2 Å². The maximum atomic E-state index is 13.9. The second kappa shape index (κ2) is 10.4. The molecule has 30 heavy (non-hydrogen) atoms. The largest absolute Gasteiger partial charge is 0.363 e. The van der Waals surface area contributed by atoms with Gasteiger partial charge in [0.1, 0.15) is 5.69 Å². The maximum absolute atomic E-state index is 13.9. The number of benzene rings is 1. The van der Waals surface area contributed by atoms with Crippen LogP contribution in [0.2, 0.25) is 5.02 Å². The number of urea groups is 1. The molecule has 1 aromatic carbocycles. The first-order valence-corrected chi connectivity index (χ1v) is 10.1. The van der Waals surface area contributed by atoms with E-state index in [0.29, 0.717) is 25.3 Å². The van der Waals surface area contributed by atoms with E-state index >= 15 is 0 Å². The van der Waals surface area contributed by atoms with Crippen LogP contribution in [0, 0.1) is 5.82 Å². The molecule has 0 spiro atoms. The number of piperazine rings is 1. The number of hydrogen-bond donors (Lipinski definition) is 4. The van der Waals surface area contributed by atoms with Crippen LogP contribution < -0.4 is 26.8 Å². The van der Waals surface area contributed by atoms with E-state index in [1.807, 2.05) is 4.90 Å². The molecular formula is C19H25ClFN7O2. The Bertz CT molecular complexity index is 931. The van der Waals surface area contributed by atoms with Gasteiger partial charge >= 0.3 is 6.03 Å². The first-order valence-electron chi connectivity index (χ1n) is 9.77. The molecule has 1 saturated heterocycles. The van der Waals surface area contributed by atoms with Gasteiger partial charge in [-0.15, -0.1) is 0 Å². The minimum atomic E-state index is -0.752. The molecule has 0 bridgehead atoms. The van der Waals surface area contributed by atoms with Crippen LogP contribution in [-0.4, -0.2) is 60.2 Å². The fourth-order valence-electron chi connectivity index (χ4n) is 3.23. The fourth-order valence-corrected chi connectivity index (χ4v) is 3.41. The van der Waals surface area contributed by atoms with Gasteiger partial charge in [0.2, 0.25) is 5.95 Å². The number of aromatic nitrogens is 2. The molecule has 5 N–H and O–H groups in total. The maximum Gasteiger partial charge on any atom is 0.326 e. The van der Waals surface area contributed by atoms with Gasteiger partial charge in [-0.3, -0.25) is 15.0 Å². The number of amides is 2. The number of unbranched alkanes of at least 4 members (excludes halogenated alkanes) is 1. The minimum Gasteiger partial charge on any atom is -0.363 e. The molecule has 162 valence electrons. The smallest absolute Gasteiger partial charge is 0.326 e. The summed E-state index contributed by atoms with van der Waals surface area (Å²) in [5.74, 6) is -0.780. The molecule has 2 aromatic rings. The number of nitrogens with zero attached hydrogens (tertiary/aromatic N) is 3. The van der Waals surface area contributed by atoms with E-state index in [9.17, 15) is 14.0 Å². The third kappa shape index (κ3) is 5.68. The number of anilines is 3. The Kier molecular flexibility index (Phi) is 7.61. The highest BCUT2D eigenvalue weighted by atomic mass is 35.5. The highest BCUT2D eigenvalue weighted by Crippen LogP contribution is 2.22. The zero-order chi connectivity index (χ0) is 21.5. The average Bonchev–Trinajstić information content (AvgIpc) is 2.72. The summed E-state index contributed by atoms with van der Waals surface area (Å²) < 4.78 is 13.9. The molecule has 1 aliphatic heterocycles. The average molecular weight is 438 g/mol. The number of aromatic amines is 1. The Balaban J connectivity index is 1.56. The first kappa shape index (κ1) is 22.0. The van der Waals surface area contributed by atoms with Crippen molar-refractivity contribution in [2.45, 2.75) is 12.8 Å². The van der Waals surface area contributed by atoms with Crippen molar-refractivity contribution in [3.05, 3.63) is 45.6 Å². The number of nitrogens with two attached hydrogens (primary N) is 1. The van der Waals surface area contributed by atoms with Crippen LogP contribution in [0.1, 0.15) is 12.8 Å². The quantitative estimate of drug-likeness (QED) is 0.492. The van der Waals surface area contributed by atoms with Gasteiger partial charge in [0.25, 0.3) is 5.56 Å². The lowest BCUT2D eigenvalue weighted by atomic mass is 10.2.